The van der Waals surface area contributed by atoms with Crippen LogP contribution in [0.1, 0.15) is 30.8 Å². The van der Waals surface area contributed by atoms with Crippen molar-refractivity contribution in [3.63, 3.8) is 0 Å². The number of likely N-dealkylation sites (N-methyl/N-ethyl adjacent to an activating group) is 1. The second-order valence-corrected chi connectivity index (χ2v) is 6.24. The summed E-state index contributed by atoms with van der Waals surface area (Å²) in [4.78, 5) is 2.27. The molecule has 0 spiro atoms. The van der Waals surface area contributed by atoms with Crippen LogP contribution in [0.4, 0.5) is 4.39 Å². The van der Waals surface area contributed by atoms with Crippen LogP contribution >= 0.6 is 0 Å². The number of benzene rings is 1. The van der Waals surface area contributed by atoms with Crippen LogP contribution in [0.2, 0.25) is 0 Å². The summed E-state index contributed by atoms with van der Waals surface area (Å²) < 4.78 is 13.1. The molecule has 3 rings (SSSR count). The number of aromatic nitrogens is 2. The summed E-state index contributed by atoms with van der Waals surface area (Å²) in [6.07, 6.45) is 2.22. The molecule has 2 heterocycles. The highest BCUT2D eigenvalue weighted by Gasteiger charge is 2.29. The summed E-state index contributed by atoms with van der Waals surface area (Å²) in [5.41, 5.74) is 3.28. The Morgan fingerprint density at radius 3 is 2.57 bits per heavy atom. The van der Waals surface area contributed by atoms with Crippen molar-refractivity contribution in [2.45, 2.75) is 19.4 Å². The second-order valence-electron chi connectivity index (χ2n) is 6.24. The molecule has 0 fully saturated rings. The van der Waals surface area contributed by atoms with Gasteiger partial charge in [0.15, 0.2) is 0 Å². The van der Waals surface area contributed by atoms with E-state index in [1.165, 1.54) is 17.7 Å². The smallest absolute Gasteiger partial charge is 0.136 e. The molecular weight excluding hydrogens is 289 g/mol. The van der Waals surface area contributed by atoms with E-state index in [2.05, 4.69) is 53.9 Å². The maximum absolute atomic E-state index is 13.1. The standard InChI is InChI=1S/C19H18FN3/c1-19(2)12-15(13-23(19)3)18-10-9-17(21-22-18)8-7-14-5-4-6-16(20)11-14/h4-6,9-12H,13H2,1-3H3. The molecule has 4 heteroatoms. The van der Waals surface area contributed by atoms with Gasteiger partial charge in [-0.1, -0.05) is 18.1 Å². The van der Waals surface area contributed by atoms with Gasteiger partial charge in [-0.3, -0.25) is 4.90 Å². The Bertz CT molecular complexity index is 810. The molecule has 0 bridgehead atoms. The molecular formula is C19H18FN3. The highest BCUT2D eigenvalue weighted by molar-refractivity contribution is 5.67. The lowest BCUT2D eigenvalue weighted by molar-refractivity contribution is 0.249. The lowest BCUT2D eigenvalue weighted by Gasteiger charge is -2.26. The summed E-state index contributed by atoms with van der Waals surface area (Å²) in [5.74, 6) is 5.51. The van der Waals surface area contributed by atoms with Gasteiger partial charge in [-0.05, 0) is 62.7 Å². The Hall–Kier alpha value is -2.51. The minimum Gasteiger partial charge on any atom is -0.293 e. The van der Waals surface area contributed by atoms with Gasteiger partial charge in [-0.15, -0.1) is 10.2 Å². The maximum Gasteiger partial charge on any atom is 0.136 e. The molecule has 1 aliphatic heterocycles. The first-order chi connectivity index (χ1) is 10.9. The molecule has 23 heavy (non-hydrogen) atoms. The predicted octanol–water partition coefficient (Wildman–Crippen LogP) is 3.12. The van der Waals surface area contributed by atoms with Crippen molar-refractivity contribution in [1.29, 1.82) is 0 Å². The largest absolute Gasteiger partial charge is 0.293 e. The molecule has 0 saturated carbocycles. The van der Waals surface area contributed by atoms with Crippen LogP contribution in [0.25, 0.3) is 5.57 Å². The number of rotatable bonds is 1. The summed E-state index contributed by atoms with van der Waals surface area (Å²) in [5, 5.41) is 8.43. The fourth-order valence-electron chi connectivity index (χ4n) is 2.47. The molecule has 3 nitrogen and oxygen atoms in total. The number of hydrogen-bond acceptors (Lipinski definition) is 3. The molecule has 0 aliphatic carbocycles. The lowest BCUT2D eigenvalue weighted by Crippen LogP contribution is -2.34. The third kappa shape index (κ3) is 3.46. The number of nitrogens with zero attached hydrogens (tertiary/aromatic N) is 3. The average Bonchev–Trinajstić information content (AvgIpc) is 2.79. The van der Waals surface area contributed by atoms with Crippen LogP contribution in [0.5, 0.6) is 0 Å². The van der Waals surface area contributed by atoms with Crippen molar-refractivity contribution >= 4 is 5.57 Å². The SMILES string of the molecule is CN1CC(c2ccc(C#Cc3cccc(F)c3)nn2)=CC1(C)C. The summed E-state index contributed by atoms with van der Waals surface area (Å²) in [7, 11) is 2.09. The Morgan fingerprint density at radius 1 is 1.13 bits per heavy atom. The Labute approximate surface area is 135 Å². The van der Waals surface area contributed by atoms with E-state index in [4.69, 9.17) is 0 Å². The first-order valence-corrected chi connectivity index (χ1v) is 7.49. The Balaban J connectivity index is 1.79. The average molecular weight is 307 g/mol. The second kappa shape index (κ2) is 5.94. The van der Waals surface area contributed by atoms with E-state index in [1.807, 2.05) is 12.1 Å². The van der Waals surface area contributed by atoms with Gasteiger partial charge in [0.2, 0.25) is 0 Å². The van der Waals surface area contributed by atoms with Gasteiger partial charge in [0, 0.05) is 17.6 Å². The van der Waals surface area contributed by atoms with E-state index < -0.39 is 0 Å². The molecule has 0 saturated heterocycles. The zero-order chi connectivity index (χ0) is 16.4. The minimum atomic E-state index is -0.293. The van der Waals surface area contributed by atoms with E-state index in [-0.39, 0.29) is 11.4 Å². The highest BCUT2D eigenvalue weighted by atomic mass is 19.1. The zero-order valence-corrected chi connectivity index (χ0v) is 13.5. The van der Waals surface area contributed by atoms with E-state index >= 15 is 0 Å². The van der Waals surface area contributed by atoms with Gasteiger partial charge < -0.3 is 0 Å². The molecule has 2 aromatic rings. The third-order valence-corrected chi connectivity index (χ3v) is 4.07. The minimum absolute atomic E-state index is 0.0346. The summed E-state index contributed by atoms with van der Waals surface area (Å²) >= 11 is 0. The zero-order valence-electron chi connectivity index (χ0n) is 13.5. The van der Waals surface area contributed by atoms with Crippen LogP contribution in [0, 0.1) is 17.7 Å². The van der Waals surface area contributed by atoms with Crippen LogP contribution in [-0.4, -0.2) is 34.2 Å². The molecule has 0 radical (unpaired) electrons. The molecule has 0 unspecified atom stereocenters. The normalized spacial score (nSPS) is 16.6. The monoisotopic (exact) mass is 307 g/mol. The van der Waals surface area contributed by atoms with Gasteiger partial charge in [-0.25, -0.2) is 4.39 Å². The van der Waals surface area contributed by atoms with Gasteiger partial charge >= 0.3 is 0 Å². The molecule has 0 amide bonds. The van der Waals surface area contributed by atoms with Crippen molar-refractivity contribution in [3.05, 3.63) is 65.2 Å². The molecule has 0 atom stereocenters. The molecule has 1 aromatic heterocycles. The van der Waals surface area contributed by atoms with Gasteiger partial charge in [0.05, 0.1) is 5.69 Å². The van der Waals surface area contributed by atoms with Crippen molar-refractivity contribution in [2.24, 2.45) is 0 Å². The third-order valence-electron chi connectivity index (χ3n) is 4.07. The Morgan fingerprint density at radius 2 is 1.96 bits per heavy atom. The van der Waals surface area contributed by atoms with Crippen LogP contribution in [0.3, 0.4) is 0 Å². The fraction of sp³-hybridized carbons (Fsp3) is 0.263. The molecule has 1 aromatic carbocycles. The highest BCUT2D eigenvalue weighted by Crippen LogP contribution is 2.29. The van der Waals surface area contributed by atoms with Gasteiger partial charge in [0.1, 0.15) is 11.5 Å². The first kappa shape index (κ1) is 15.4. The van der Waals surface area contributed by atoms with E-state index in [9.17, 15) is 4.39 Å². The van der Waals surface area contributed by atoms with Crippen LogP contribution in [-0.2, 0) is 0 Å². The number of hydrogen-bond donors (Lipinski definition) is 0. The van der Waals surface area contributed by atoms with Crippen molar-refractivity contribution in [3.8, 4) is 11.8 Å². The van der Waals surface area contributed by atoms with Crippen LogP contribution in [0.15, 0.2) is 42.5 Å². The van der Waals surface area contributed by atoms with Crippen LogP contribution < -0.4 is 0 Å². The maximum atomic E-state index is 13.1. The molecule has 0 N–H and O–H groups in total. The quantitative estimate of drug-likeness (QED) is 0.758. The van der Waals surface area contributed by atoms with E-state index in [0.717, 1.165) is 12.2 Å². The summed E-state index contributed by atoms with van der Waals surface area (Å²) in [6.45, 7) is 5.20. The molecule has 1 aliphatic rings. The van der Waals surface area contributed by atoms with Crippen molar-refractivity contribution in [1.82, 2.24) is 15.1 Å². The molecule has 116 valence electrons. The number of halogens is 1. The first-order valence-electron chi connectivity index (χ1n) is 7.49. The Kier molecular flexibility index (Phi) is 3.97. The van der Waals surface area contributed by atoms with Gasteiger partial charge in [0.25, 0.3) is 0 Å². The van der Waals surface area contributed by atoms with E-state index in [0.29, 0.717) is 11.3 Å². The predicted molar refractivity (Wildman–Crippen MR) is 89.1 cm³/mol. The lowest BCUT2D eigenvalue weighted by atomic mass is 10.0. The van der Waals surface area contributed by atoms with Crippen molar-refractivity contribution in [2.75, 3.05) is 13.6 Å². The van der Waals surface area contributed by atoms with E-state index in [1.54, 1.807) is 12.1 Å². The van der Waals surface area contributed by atoms with Crippen molar-refractivity contribution < 1.29 is 4.39 Å². The summed E-state index contributed by atoms with van der Waals surface area (Å²) in [6, 6.07) is 9.98. The van der Waals surface area contributed by atoms with Gasteiger partial charge in [-0.2, -0.15) is 0 Å². The fourth-order valence-corrected chi connectivity index (χ4v) is 2.47. The topological polar surface area (TPSA) is 29.0 Å².